The van der Waals surface area contributed by atoms with Gasteiger partial charge in [-0.05, 0) is 23.6 Å². The van der Waals surface area contributed by atoms with Crippen molar-refractivity contribution in [3.05, 3.63) is 71.5 Å². The van der Waals surface area contributed by atoms with Crippen molar-refractivity contribution in [3.63, 3.8) is 0 Å². The Balaban J connectivity index is 1.60. The molecular formula is C20H17ClN4O. The predicted molar refractivity (Wildman–Crippen MR) is 103 cm³/mol. The summed E-state index contributed by atoms with van der Waals surface area (Å²) in [7, 11) is 0. The molecule has 0 radical (unpaired) electrons. The lowest BCUT2D eigenvalue weighted by atomic mass is 10.0. The van der Waals surface area contributed by atoms with E-state index < -0.39 is 0 Å². The van der Waals surface area contributed by atoms with Crippen molar-refractivity contribution in [2.45, 2.75) is 12.8 Å². The average Bonchev–Trinajstić information content (AvgIpc) is 3.12. The highest BCUT2D eigenvalue weighted by Gasteiger charge is 2.16. The summed E-state index contributed by atoms with van der Waals surface area (Å²) in [6, 6.07) is 17.8. The predicted octanol–water partition coefficient (Wildman–Crippen LogP) is 5.15. The third-order valence-electron chi connectivity index (χ3n) is 4.32. The quantitative estimate of drug-likeness (QED) is 0.530. The number of aromatic nitrogens is 3. The Morgan fingerprint density at radius 1 is 1.04 bits per heavy atom. The second-order valence-corrected chi connectivity index (χ2v) is 6.57. The molecule has 0 saturated heterocycles. The highest BCUT2D eigenvalue weighted by molar-refractivity contribution is 6.30. The van der Waals surface area contributed by atoms with Crippen LogP contribution < -0.4 is 5.32 Å². The van der Waals surface area contributed by atoms with E-state index in [2.05, 4.69) is 39.5 Å². The van der Waals surface area contributed by atoms with Crippen LogP contribution in [0.2, 0.25) is 5.02 Å². The molecule has 6 heteroatoms. The molecule has 0 aliphatic heterocycles. The number of nitrogens with one attached hydrogen (secondary N) is 1. The Morgan fingerprint density at radius 2 is 1.81 bits per heavy atom. The van der Waals surface area contributed by atoms with E-state index in [0.717, 1.165) is 12.1 Å². The fourth-order valence-electron chi connectivity index (χ4n) is 2.84. The first-order chi connectivity index (χ1) is 12.7. The second kappa shape index (κ2) is 7.14. The van der Waals surface area contributed by atoms with Gasteiger partial charge in [-0.1, -0.05) is 66.1 Å². The second-order valence-electron chi connectivity index (χ2n) is 6.13. The van der Waals surface area contributed by atoms with Gasteiger partial charge < -0.3 is 9.84 Å². The molecule has 4 aromatic rings. The van der Waals surface area contributed by atoms with Crippen molar-refractivity contribution in [2.75, 3.05) is 11.9 Å². The Labute approximate surface area is 156 Å². The van der Waals surface area contributed by atoms with Crippen molar-refractivity contribution < 1.29 is 4.52 Å². The Bertz CT molecular complexity index is 1020. The van der Waals surface area contributed by atoms with Gasteiger partial charge in [-0.2, -0.15) is 0 Å². The first-order valence-corrected chi connectivity index (χ1v) is 8.75. The molecular weight excluding hydrogens is 348 g/mol. The molecule has 130 valence electrons. The third-order valence-corrected chi connectivity index (χ3v) is 4.57. The number of halogens is 1. The first-order valence-electron chi connectivity index (χ1n) is 8.37. The number of nitrogens with zero attached hydrogens (tertiary/aromatic N) is 3. The summed E-state index contributed by atoms with van der Waals surface area (Å²) in [5.74, 6) is 0.977. The van der Waals surface area contributed by atoms with E-state index in [-0.39, 0.29) is 0 Å². The van der Waals surface area contributed by atoms with Crippen LogP contribution in [0.5, 0.6) is 0 Å². The van der Waals surface area contributed by atoms with E-state index >= 15 is 0 Å². The van der Waals surface area contributed by atoms with Crippen LogP contribution in [0.1, 0.15) is 18.4 Å². The van der Waals surface area contributed by atoms with Gasteiger partial charge in [0.15, 0.2) is 5.82 Å². The van der Waals surface area contributed by atoms with Gasteiger partial charge >= 0.3 is 0 Å². The highest BCUT2D eigenvalue weighted by Crippen LogP contribution is 2.30. The van der Waals surface area contributed by atoms with Gasteiger partial charge in [-0.15, -0.1) is 0 Å². The number of rotatable bonds is 5. The number of hydrogen-bond donors (Lipinski definition) is 1. The molecule has 0 amide bonds. The lowest BCUT2D eigenvalue weighted by Gasteiger charge is -2.13. The molecule has 0 aliphatic carbocycles. The topological polar surface area (TPSA) is 63.8 Å². The van der Waals surface area contributed by atoms with Crippen molar-refractivity contribution in [1.82, 2.24) is 15.1 Å². The zero-order valence-electron chi connectivity index (χ0n) is 14.2. The smallest absolute Gasteiger partial charge is 0.228 e. The first kappa shape index (κ1) is 16.5. The van der Waals surface area contributed by atoms with Gasteiger partial charge in [0.05, 0.1) is 0 Å². The van der Waals surface area contributed by atoms with Crippen molar-refractivity contribution in [3.8, 4) is 11.3 Å². The zero-order valence-corrected chi connectivity index (χ0v) is 14.9. The minimum Gasteiger partial charge on any atom is -0.366 e. The van der Waals surface area contributed by atoms with Gasteiger partial charge in [0.25, 0.3) is 0 Å². The average molecular weight is 365 g/mol. The van der Waals surface area contributed by atoms with E-state index in [1.54, 1.807) is 0 Å². The Morgan fingerprint density at radius 3 is 2.58 bits per heavy atom. The molecule has 0 unspecified atom stereocenters. The summed E-state index contributed by atoms with van der Waals surface area (Å²) < 4.78 is 5.53. The zero-order chi connectivity index (χ0) is 17.9. The van der Waals surface area contributed by atoms with Gasteiger partial charge in [-0.3, -0.25) is 0 Å². The van der Waals surface area contributed by atoms with E-state index in [9.17, 15) is 0 Å². The number of benzene rings is 2. The summed E-state index contributed by atoms with van der Waals surface area (Å²) in [5.41, 5.74) is 4.08. The normalized spacial score (nSPS) is 12.2. The van der Waals surface area contributed by atoms with Crippen molar-refractivity contribution in [1.29, 1.82) is 0 Å². The molecule has 2 heterocycles. The van der Waals surface area contributed by atoms with Gasteiger partial charge in [-0.25, -0.2) is 9.97 Å². The highest BCUT2D eigenvalue weighted by atomic mass is 35.5. The maximum Gasteiger partial charge on any atom is 0.228 e. The van der Waals surface area contributed by atoms with Crippen LogP contribution >= 0.6 is 11.6 Å². The van der Waals surface area contributed by atoms with Crippen molar-refractivity contribution in [2.24, 2.45) is 0 Å². The van der Waals surface area contributed by atoms with E-state index in [1.165, 1.54) is 11.9 Å². The Kier molecular flexibility index (Phi) is 4.54. The van der Waals surface area contributed by atoms with Crippen LogP contribution in [0.3, 0.4) is 0 Å². The molecule has 1 N–H and O–H groups in total. The maximum atomic E-state index is 5.96. The molecule has 0 aliphatic rings. The summed E-state index contributed by atoms with van der Waals surface area (Å²) >= 11 is 5.96. The standard InChI is InChI=1S/C20H17ClN4O/c1-13(14-5-3-2-4-6-14)11-22-20-19-18(23-12-24-20)17(25-26-19)15-7-9-16(21)10-8-15/h2-10,12-13H,11H2,1H3,(H,22,23,24)/t13-/m0/s1. The maximum absolute atomic E-state index is 5.96. The third kappa shape index (κ3) is 3.26. The fourth-order valence-corrected chi connectivity index (χ4v) is 2.96. The molecule has 0 bridgehead atoms. The molecule has 1 atom stereocenters. The molecule has 26 heavy (non-hydrogen) atoms. The monoisotopic (exact) mass is 364 g/mol. The van der Waals surface area contributed by atoms with Crippen LogP contribution in [0.15, 0.2) is 65.4 Å². The van der Waals surface area contributed by atoms with E-state index in [4.69, 9.17) is 16.1 Å². The largest absolute Gasteiger partial charge is 0.366 e. The van der Waals surface area contributed by atoms with Gasteiger partial charge in [0, 0.05) is 17.1 Å². The molecule has 4 rings (SSSR count). The molecule has 5 nitrogen and oxygen atoms in total. The summed E-state index contributed by atoms with van der Waals surface area (Å²) in [4.78, 5) is 8.66. The minimum absolute atomic E-state index is 0.333. The molecule has 0 fully saturated rings. The van der Waals surface area contributed by atoms with E-state index in [0.29, 0.717) is 33.6 Å². The molecule has 0 spiro atoms. The lowest BCUT2D eigenvalue weighted by Crippen LogP contribution is -2.11. The number of fused-ring (bicyclic) bond motifs is 1. The van der Waals surface area contributed by atoms with Crippen molar-refractivity contribution >= 4 is 28.5 Å². The SMILES string of the molecule is C[C@@H](CNc1ncnc2c(-c3ccc(Cl)cc3)noc12)c1ccccc1. The van der Waals surface area contributed by atoms with Crippen LogP contribution in [0, 0.1) is 0 Å². The fraction of sp³-hybridized carbons (Fsp3) is 0.150. The van der Waals surface area contributed by atoms with Gasteiger partial charge in [0.1, 0.15) is 17.5 Å². The lowest BCUT2D eigenvalue weighted by molar-refractivity contribution is 0.459. The molecule has 0 saturated carbocycles. The van der Waals surface area contributed by atoms with Crippen LogP contribution in [0.25, 0.3) is 22.4 Å². The number of anilines is 1. The van der Waals surface area contributed by atoms with Crippen LogP contribution in [-0.2, 0) is 0 Å². The summed E-state index contributed by atoms with van der Waals surface area (Å²) in [5, 5.41) is 8.21. The summed E-state index contributed by atoms with van der Waals surface area (Å²) in [6.45, 7) is 2.90. The van der Waals surface area contributed by atoms with Gasteiger partial charge in [0.2, 0.25) is 5.58 Å². The molecule has 2 aromatic heterocycles. The summed E-state index contributed by atoms with van der Waals surface area (Å²) in [6.07, 6.45) is 1.52. The Hall–Kier alpha value is -2.92. The van der Waals surface area contributed by atoms with Crippen LogP contribution in [0.4, 0.5) is 5.82 Å². The van der Waals surface area contributed by atoms with Crippen LogP contribution in [-0.4, -0.2) is 21.7 Å². The minimum atomic E-state index is 0.333. The number of hydrogen-bond acceptors (Lipinski definition) is 5. The molecule has 2 aromatic carbocycles. The van der Waals surface area contributed by atoms with E-state index in [1.807, 2.05) is 42.5 Å².